The molecule has 0 aromatic heterocycles. The Kier molecular flexibility index (Phi) is 3.77. The molecule has 3 heteroatoms. The first-order valence-electron chi connectivity index (χ1n) is 6.52. The van der Waals surface area contributed by atoms with Crippen LogP contribution >= 0.6 is 0 Å². The maximum atomic E-state index is 6.01. The average Bonchev–Trinajstić information content (AvgIpc) is 2.29. The molecule has 96 valence electrons. The Morgan fingerprint density at radius 1 is 1.29 bits per heavy atom. The number of hydrogen-bond acceptors (Lipinski definition) is 3. The third-order valence-electron chi connectivity index (χ3n) is 3.82. The monoisotopic (exact) mass is 237 g/mol. The molecule has 1 atom stereocenters. The van der Waals surface area contributed by atoms with E-state index >= 15 is 0 Å². The molecule has 1 N–H and O–H groups in total. The molecular weight excluding hydrogens is 214 g/mol. The van der Waals surface area contributed by atoms with Crippen LogP contribution < -0.4 is 5.32 Å². The van der Waals surface area contributed by atoms with Gasteiger partial charge in [-0.05, 0) is 39.5 Å². The van der Waals surface area contributed by atoms with E-state index < -0.39 is 0 Å². The van der Waals surface area contributed by atoms with Gasteiger partial charge in [-0.25, -0.2) is 0 Å². The van der Waals surface area contributed by atoms with Gasteiger partial charge in [-0.2, -0.15) is 0 Å². The molecule has 2 aliphatic rings. The Hall–Kier alpha value is -0.560. The van der Waals surface area contributed by atoms with Gasteiger partial charge in [-0.15, -0.1) is 6.42 Å². The molecule has 0 aromatic rings. The van der Waals surface area contributed by atoms with Gasteiger partial charge in [0, 0.05) is 25.9 Å². The summed E-state index contributed by atoms with van der Waals surface area (Å²) < 4.78 is 11.4. The highest BCUT2D eigenvalue weighted by Gasteiger charge is 2.39. The van der Waals surface area contributed by atoms with Crippen LogP contribution in [0.3, 0.4) is 0 Å². The second kappa shape index (κ2) is 4.97. The van der Waals surface area contributed by atoms with Crippen molar-refractivity contribution in [3.8, 4) is 12.3 Å². The minimum Gasteiger partial charge on any atom is -0.381 e. The Bertz CT molecular complexity index is 294. The SMILES string of the molecule is C#CC(C)(C)NC1CCOC2(CCOCC2)C1. The molecule has 3 nitrogen and oxygen atoms in total. The van der Waals surface area contributed by atoms with Crippen molar-refractivity contribution in [2.45, 2.75) is 56.7 Å². The van der Waals surface area contributed by atoms with Gasteiger partial charge in [-0.3, -0.25) is 5.32 Å². The normalized spacial score (nSPS) is 28.9. The molecule has 2 fully saturated rings. The van der Waals surface area contributed by atoms with E-state index in [1.165, 1.54) is 0 Å². The summed E-state index contributed by atoms with van der Waals surface area (Å²) >= 11 is 0. The smallest absolute Gasteiger partial charge is 0.0743 e. The third-order valence-corrected chi connectivity index (χ3v) is 3.82. The molecule has 0 amide bonds. The Morgan fingerprint density at radius 3 is 2.65 bits per heavy atom. The van der Waals surface area contributed by atoms with Gasteiger partial charge in [0.15, 0.2) is 0 Å². The van der Waals surface area contributed by atoms with E-state index in [0.29, 0.717) is 6.04 Å². The van der Waals surface area contributed by atoms with E-state index in [1.807, 2.05) is 0 Å². The quantitative estimate of drug-likeness (QED) is 0.742. The van der Waals surface area contributed by atoms with Crippen LogP contribution in [0, 0.1) is 12.3 Å². The van der Waals surface area contributed by atoms with Crippen molar-refractivity contribution in [3.63, 3.8) is 0 Å². The van der Waals surface area contributed by atoms with Crippen molar-refractivity contribution < 1.29 is 9.47 Å². The summed E-state index contributed by atoms with van der Waals surface area (Å²) in [5.74, 6) is 2.80. The zero-order valence-corrected chi connectivity index (χ0v) is 10.9. The predicted molar refractivity (Wildman–Crippen MR) is 67.8 cm³/mol. The summed E-state index contributed by atoms with van der Waals surface area (Å²) in [4.78, 5) is 0. The van der Waals surface area contributed by atoms with Gasteiger partial charge >= 0.3 is 0 Å². The van der Waals surface area contributed by atoms with Crippen LogP contribution in [0.25, 0.3) is 0 Å². The summed E-state index contributed by atoms with van der Waals surface area (Å²) in [6.45, 7) is 6.59. The first-order valence-corrected chi connectivity index (χ1v) is 6.52. The van der Waals surface area contributed by atoms with Crippen LogP contribution in [0.5, 0.6) is 0 Å². The van der Waals surface area contributed by atoms with Crippen molar-refractivity contribution in [3.05, 3.63) is 0 Å². The summed E-state index contributed by atoms with van der Waals surface area (Å²) in [5.41, 5.74) is -0.187. The topological polar surface area (TPSA) is 30.5 Å². The molecule has 2 aliphatic heterocycles. The third kappa shape index (κ3) is 3.22. The molecule has 2 saturated heterocycles. The lowest BCUT2D eigenvalue weighted by molar-refractivity contribution is -0.141. The molecular formula is C14H23NO2. The summed E-state index contributed by atoms with van der Waals surface area (Å²) in [5, 5.41) is 3.56. The standard InChI is InChI=1S/C14H23NO2/c1-4-13(2,3)15-12-5-8-17-14(11-12)6-9-16-10-7-14/h1,12,15H,5-11H2,2-3H3. The van der Waals surface area contributed by atoms with Crippen LogP contribution in [0.4, 0.5) is 0 Å². The van der Waals surface area contributed by atoms with Crippen molar-refractivity contribution in [2.24, 2.45) is 0 Å². The lowest BCUT2D eigenvalue weighted by atomic mass is 9.83. The molecule has 0 bridgehead atoms. The highest BCUT2D eigenvalue weighted by molar-refractivity contribution is 5.09. The Balaban J connectivity index is 1.95. The van der Waals surface area contributed by atoms with Gasteiger partial charge in [0.05, 0.1) is 11.1 Å². The zero-order chi connectivity index (χ0) is 12.4. The van der Waals surface area contributed by atoms with Gasteiger partial charge in [-0.1, -0.05) is 5.92 Å². The van der Waals surface area contributed by atoms with Crippen molar-refractivity contribution in [2.75, 3.05) is 19.8 Å². The summed E-state index contributed by atoms with van der Waals surface area (Å²) in [7, 11) is 0. The molecule has 2 heterocycles. The highest BCUT2D eigenvalue weighted by atomic mass is 16.5. The number of rotatable bonds is 2. The van der Waals surface area contributed by atoms with Gasteiger partial charge in [0.1, 0.15) is 0 Å². The van der Waals surface area contributed by atoms with Gasteiger partial charge in [0.2, 0.25) is 0 Å². The molecule has 1 unspecified atom stereocenters. The first-order chi connectivity index (χ1) is 8.05. The Labute approximate surface area is 104 Å². The molecule has 0 saturated carbocycles. The number of nitrogens with one attached hydrogen (secondary N) is 1. The average molecular weight is 237 g/mol. The van der Waals surface area contributed by atoms with Crippen molar-refractivity contribution in [1.82, 2.24) is 5.32 Å². The summed E-state index contributed by atoms with van der Waals surface area (Å²) in [6.07, 6.45) is 9.67. The Morgan fingerprint density at radius 2 is 2.00 bits per heavy atom. The largest absolute Gasteiger partial charge is 0.381 e. The van der Waals surface area contributed by atoms with Crippen molar-refractivity contribution >= 4 is 0 Å². The fourth-order valence-electron chi connectivity index (χ4n) is 2.79. The minimum absolute atomic E-state index is 0.0405. The van der Waals surface area contributed by atoms with E-state index in [-0.39, 0.29) is 11.1 Å². The molecule has 0 aromatic carbocycles. The van der Waals surface area contributed by atoms with Crippen LogP contribution in [-0.2, 0) is 9.47 Å². The highest BCUT2D eigenvalue weighted by Crippen LogP contribution is 2.34. The maximum Gasteiger partial charge on any atom is 0.0743 e. The first kappa shape index (κ1) is 12.9. The molecule has 0 radical (unpaired) electrons. The van der Waals surface area contributed by atoms with E-state index in [9.17, 15) is 0 Å². The fraction of sp³-hybridized carbons (Fsp3) is 0.857. The van der Waals surface area contributed by atoms with E-state index in [4.69, 9.17) is 15.9 Å². The maximum absolute atomic E-state index is 6.01. The number of hydrogen-bond donors (Lipinski definition) is 1. The fourth-order valence-corrected chi connectivity index (χ4v) is 2.79. The second-order valence-corrected chi connectivity index (χ2v) is 5.75. The predicted octanol–water partition coefficient (Wildman–Crippen LogP) is 1.72. The van der Waals surface area contributed by atoms with E-state index in [2.05, 4.69) is 25.1 Å². The van der Waals surface area contributed by atoms with E-state index in [1.54, 1.807) is 0 Å². The molecule has 2 rings (SSSR count). The minimum atomic E-state index is -0.228. The number of terminal acetylenes is 1. The summed E-state index contributed by atoms with van der Waals surface area (Å²) in [6, 6.07) is 0.466. The van der Waals surface area contributed by atoms with E-state index in [0.717, 1.165) is 45.5 Å². The van der Waals surface area contributed by atoms with Crippen LogP contribution in [0.15, 0.2) is 0 Å². The second-order valence-electron chi connectivity index (χ2n) is 5.75. The van der Waals surface area contributed by atoms with Crippen LogP contribution in [-0.4, -0.2) is 37.0 Å². The molecule has 0 aliphatic carbocycles. The van der Waals surface area contributed by atoms with Gasteiger partial charge in [0.25, 0.3) is 0 Å². The zero-order valence-electron chi connectivity index (χ0n) is 10.9. The lowest BCUT2D eigenvalue weighted by Gasteiger charge is -2.44. The van der Waals surface area contributed by atoms with Crippen LogP contribution in [0.2, 0.25) is 0 Å². The van der Waals surface area contributed by atoms with Crippen molar-refractivity contribution in [1.29, 1.82) is 0 Å². The molecule has 1 spiro atoms. The van der Waals surface area contributed by atoms with Crippen LogP contribution in [0.1, 0.15) is 39.5 Å². The number of ether oxygens (including phenoxy) is 2. The molecule has 17 heavy (non-hydrogen) atoms. The lowest BCUT2D eigenvalue weighted by Crippen LogP contribution is -2.54. The van der Waals surface area contributed by atoms with Gasteiger partial charge < -0.3 is 9.47 Å².